The molecule has 5 nitrogen and oxygen atoms in total. The van der Waals surface area contributed by atoms with Crippen LogP contribution in [0.1, 0.15) is 11.1 Å². The predicted octanol–water partition coefficient (Wildman–Crippen LogP) is 7.15. The molecule has 0 saturated carbocycles. The van der Waals surface area contributed by atoms with Crippen molar-refractivity contribution in [1.29, 1.82) is 0 Å². The average molecular weight is 505 g/mol. The molecule has 0 fully saturated rings. The maximum atomic E-state index is 12.3. The van der Waals surface area contributed by atoms with Crippen LogP contribution in [0.2, 0.25) is 10.0 Å². The first kappa shape index (κ1) is 24.3. The molecular formula is C28H22Cl2N2O3. The Morgan fingerprint density at radius 2 is 0.886 bits per heavy atom. The van der Waals surface area contributed by atoms with Crippen LogP contribution >= 0.6 is 23.2 Å². The number of nitrogens with one attached hydrogen (secondary N) is 2. The smallest absolute Gasteiger partial charge is 0.228 e. The quantitative estimate of drug-likeness (QED) is 0.267. The molecule has 2 amide bonds. The molecule has 0 aliphatic carbocycles. The van der Waals surface area contributed by atoms with E-state index in [1.165, 1.54) is 0 Å². The molecule has 0 heterocycles. The average Bonchev–Trinajstić information content (AvgIpc) is 2.84. The standard InChI is InChI=1S/C28H22Cl2N2O3/c29-21-5-1-19(2-6-21)17-27(33)31-23-9-13-25(14-10-23)35-26-15-11-24(12-16-26)32-28(34)18-20-3-7-22(30)8-4-20/h1-16H,17-18H2,(H,31,33)(H,32,34). The Labute approximate surface area is 213 Å². The lowest BCUT2D eigenvalue weighted by Crippen LogP contribution is -2.14. The van der Waals surface area contributed by atoms with E-state index in [1.54, 1.807) is 72.8 Å². The van der Waals surface area contributed by atoms with Gasteiger partial charge in [-0.15, -0.1) is 0 Å². The lowest BCUT2D eigenvalue weighted by molar-refractivity contribution is -0.116. The molecule has 4 aromatic carbocycles. The Bertz CT molecular complexity index is 1190. The lowest BCUT2D eigenvalue weighted by Gasteiger charge is -2.10. The van der Waals surface area contributed by atoms with E-state index >= 15 is 0 Å². The van der Waals surface area contributed by atoms with Crippen molar-refractivity contribution < 1.29 is 14.3 Å². The molecule has 0 radical (unpaired) electrons. The third kappa shape index (κ3) is 7.60. The SMILES string of the molecule is O=C(Cc1ccc(Cl)cc1)Nc1ccc(Oc2ccc(NC(=O)Cc3ccc(Cl)cc3)cc2)cc1. The number of halogens is 2. The second-order valence-electron chi connectivity index (χ2n) is 7.85. The Kier molecular flexibility index (Phi) is 8.03. The van der Waals surface area contributed by atoms with Crippen molar-refractivity contribution in [2.45, 2.75) is 12.8 Å². The fourth-order valence-corrected chi connectivity index (χ4v) is 3.59. The number of amides is 2. The van der Waals surface area contributed by atoms with Crippen molar-refractivity contribution in [3.8, 4) is 11.5 Å². The van der Waals surface area contributed by atoms with Crippen LogP contribution < -0.4 is 15.4 Å². The van der Waals surface area contributed by atoms with Gasteiger partial charge in [0, 0.05) is 21.4 Å². The number of benzene rings is 4. The van der Waals surface area contributed by atoms with E-state index in [9.17, 15) is 9.59 Å². The van der Waals surface area contributed by atoms with Gasteiger partial charge in [-0.1, -0.05) is 47.5 Å². The van der Waals surface area contributed by atoms with Gasteiger partial charge in [0.2, 0.25) is 11.8 Å². The number of anilines is 2. The number of rotatable bonds is 8. The van der Waals surface area contributed by atoms with Crippen molar-refractivity contribution in [3.05, 3.63) is 118 Å². The minimum Gasteiger partial charge on any atom is -0.457 e. The van der Waals surface area contributed by atoms with Crippen molar-refractivity contribution in [2.24, 2.45) is 0 Å². The second-order valence-corrected chi connectivity index (χ2v) is 8.73. The number of carbonyl (C=O) groups is 2. The summed E-state index contributed by atoms with van der Waals surface area (Å²) in [4.78, 5) is 24.5. The molecule has 176 valence electrons. The van der Waals surface area contributed by atoms with Gasteiger partial charge in [-0.2, -0.15) is 0 Å². The van der Waals surface area contributed by atoms with Crippen LogP contribution in [0.5, 0.6) is 11.5 Å². The fourth-order valence-electron chi connectivity index (χ4n) is 3.33. The van der Waals surface area contributed by atoms with E-state index in [1.807, 2.05) is 24.3 Å². The molecule has 0 saturated heterocycles. The second kappa shape index (κ2) is 11.6. The predicted molar refractivity (Wildman–Crippen MR) is 141 cm³/mol. The zero-order valence-corrected chi connectivity index (χ0v) is 20.1. The number of hydrogen-bond donors (Lipinski definition) is 2. The minimum absolute atomic E-state index is 0.116. The summed E-state index contributed by atoms with van der Waals surface area (Å²) in [5.74, 6) is 1.02. The molecular weight excluding hydrogens is 483 g/mol. The maximum Gasteiger partial charge on any atom is 0.228 e. The molecule has 7 heteroatoms. The molecule has 2 N–H and O–H groups in total. The zero-order valence-electron chi connectivity index (χ0n) is 18.6. The molecule has 0 aromatic heterocycles. The van der Waals surface area contributed by atoms with Gasteiger partial charge in [0.1, 0.15) is 11.5 Å². The van der Waals surface area contributed by atoms with Crippen LogP contribution in [0.25, 0.3) is 0 Å². The highest BCUT2D eigenvalue weighted by molar-refractivity contribution is 6.30. The van der Waals surface area contributed by atoms with E-state index in [2.05, 4.69) is 10.6 Å². The molecule has 4 rings (SSSR count). The summed E-state index contributed by atoms with van der Waals surface area (Å²) in [5.41, 5.74) is 3.12. The Morgan fingerprint density at radius 1 is 0.543 bits per heavy atom. The van der Waals surface area contributed by atoms with Crippen LogP contribution in [-0.4, -0.2) is 11.8 Å². The third-order valence-corrected chi connectivity index (χ3v) is 5.57. The van der Waals surface area contributed by atoms with E-state index < -0.39 is 0 Å². The van der Waals surface area contributed by atoms with E-state index in [0.29, 0.717) is 32.9 Å². The summed E-state index contributed by atoms with van der Waals surface area (Å²) in [7, 11) is 0. The molecule has 0 unspecified atom stereocenters. The molecule has 0 bridgehead atoms. The highest BCUT2D eigenvalue weighted by Crippen LogP contribution is 2.25. The van der Waals surface area contributed by atoms with Gasteiger partial charge in [-0.25, -0.2) is 0 Å². The van der Waals surface area contributed by atoms with Crippen LogP contribution in [-0.2, 0) is 22.4 Å². The van der Waals surface area contributed by atoms with Crippen LogP contribution in [0.3, 0.4) is 0 Å². The largest absolute Gasteiger partial charge is 0.457 e. The first-order valence-electron chi connectivity index (χ1n) is 10.9. The summed E-state index contributed by atoms with van der Waals surface area (Å²) in [6.07, 6.45) is 0.524. The number of carbonyl (C=O) groups excluding carboxylic acids is 2. The van der Waals surface area contributed by atoms with Crippen molar-refractivity contribution in [2.75, 3.05) is 10.6 Å². The molecule has 0 spiro atoms. The molecule has 0 aliphatic heterocycles. The van der Waals surface area contributed by atoms with E-state index in [0.717, 1.165) is 11.1 Å². The van der Waals surface area contributed by atoms with Crippen LogP contribution in [0.4, 0.5) is 11.4 Å². The van der Waals surface area contributed by atoms with Crippen LogP contribution in [0, 0.1) is 0 Å². The lowest BCUT2D eigenvalue weighted by atomic mass is 10.1. The first-order valence-corrected chi connectivity index (χ1v) is 11.7. The van der Waals surface area contributed by atoms with Gasteiger partial charge in [0.15, 0.2) is 0 Å². The summed E-state index contributed by atoms with van der Waals surface area (Å²) in [6, 6.07) is 28.6. The van der Waals surface area contributed by atoms with Crippen molar-refractivity contribution in [3.63, 3.8) is 0 Å². The summed E-state index contributed by atoms with van der Waals surface area (Å²) in [5, 5.41) is 7.01. The zero-order chi connectivity index (χ0) is 24.6. The minimum atomic E-state index is -0.116. The molecule has 0 atom stereocenters. The Balaban J connectivity index is 1.26. The van der Waals surface area contributed by atoms with Gasteiger partial charge < -0.3 is 15.4 Å². The molecule has 4 aromatic rings. The Hall–Kier alpha value is -3.80. The summed E-state index contributed by atoms with van der Waals surface area (Å²) >= 11 is 11.8. The van der Waals surface area contributed by atoms with Crippen molar-refractivity contribution >= 4 is 46.4 Å². The van der Waals surface area contributed by atoms with Gasteiger partial charge in [0.25, 0.3) is 0 Å². The Morgan fingerprint density at radius 3 is 1.23 bits per heavy atom. The van der Waals surface area contributed by atoms with Gasteiger partial charge >= 0.3 is 0 Å². The normalized spacial score (nSPS) is 10.5. The van der Waals surface area contributed by atoms with Gasteiger partial charge in [-0.3, -0.25) is 9.59 Å². The highest BCUT2D eigenvalue weighted by atomic mass is 35.5. The number of ether oxygens (including phenoxy) is 1. The van der Waals surface area contributed by atoms with E-state index in [4.69, 9.17) is 27.9 Å². The molecule has 0 aliphatic rings. The summed E-state index contributed by atoms with van der Waals surface area (Å²) in [6.45, 7) is 0. The third-order valence-electron chi connectivity index (χ3n) is 5.07. The summed E-state index contributed by atoms with van der Waals surface area (Å²) < 4.78 is 5.86. The van der Waals surface area contributed by atoms with Gasteiger partial charge in [-0.05, 0) is 83.9 Å². The first-order chi connectivity index (χ1) is 16.9. The van der Waals surface area contributed by atoms with E-state index in [-0.39, 0.29) is 24.7 Å². The van der Waals surface area contributed by atoms with Gasteiger partial charge in [0.05, 0.1) is 12.8 Å². The monoisotopic (exact) mass is 504 g/mol. The topological polar surface area (TPSA) is 67.4 Å². The molecule has 35 heavy (non-hydrogen) atoms. The maximum absolute atomic E-state index is 12.3. The number of hydrogen-bond acceptors (Lipinski definition) is 3. The highest BCUT2D eigenvalue weighted by Gasteiger charge is 2.07. The van der Waals surface area contributed by atoms with Crippen LogP contribution in [0.15, 0.2) is 97.1 Å². The van der Waals surface area contributed by atoms with Crippen molar-refractivity contribution in [1.82, 2.24) is 0 Å². The fraction of sp³-hybridized carbons (Fsp3) is 0.0714.